The van der Waals surface area contributed by atoms with Gasteiger partial charge in [0, 0.05) is 29.6 Å². The van der Waals surface area contributed by atoms with E-state index in [1.165, 1.54) is 12.1 Å². The lowest BCUT2D eigenvalue weighted by atomic mass is 10.0. The number of piperidine rings is 1. The molecular formula is C23H26F2N4O2. The molecule has 1 saturated heterocycles. The predicted molar refractivity (Wildman–Crippen MR) is 113 cm³/mol. The highest BCUT2D eigenvalue weighted by molar-refractivity contribution is 5.80. The van der Waals surface area contributed by atoms with Crippen LogP contribution in [0.15, 0.2) is 40.9 Å². The van der Waals surface area contributed by atoms with Crippen LogP contribution in [-0.4, -0.2) is 47.2 Å². The van der Waals surface area contributed by atoms with E-state index >= 15 is 0 Å². The second kappa shape index (κ2) is 9.01. The third kappa shape index (κ3) is 4.85. The van der Waals surface area contributed by atoms with Crippen LogP contribution in [0.2, 0.25) is 0 Å². The average Bonchev–Trinajstić information content (AvgIpc) is 3.12. The van der Waals surface area contributed by atoms with Crippen LogP contribution >= 0.6 is 0 Å². The highest BCUT2D eigenvalue weighted by Gasteiger charge is 2.28. The standard InChI is InChI=1S/C23H26F2N4O2/c1-15-20-11-16(3-6-22(20)31-27-15)13-26-23(30)29(19-7-9-28(2)10-8-19)14-17-4-5-18(24)12-21(17)25/h3-6,11-12,19H,7-10,13-14H2,1-2H3,(H,26,30). The van der Waals surface area contributed by atoms with Crippen LogP contribution in [-0.2, 0) is 13.1 Å². The van der Waals surface area contributed by atoms with Gasteiger partial charge in [-0.3, -0.25) is 0 Å². The first kappa shape index (κ1) is 21.2. The molecule has 0 radical (unpaired) electrons. The maximum Gasteiger partial charge on any atom is 0.318 e. The lowest BCUT2D eigenvalue weighted by Crippen LogP contribution is -2.49. The van der Waals surface area contributed by atoms with Crippen LogP contribution in [0.25, 0.3) is 11.0 Å². The number of hydrogen-bond donors (Lipinski definition) is 1. The summed E-state index contributed by atoms with van der Waals surface area (Å²) in [6, 6.07) is 8.87. The molecule has 0 spiro atoms. The van der Waals surface area contributed by atoms with Crippen molar-refractivity contribution in [1.29, 1.82) is 0 Å². The smallest absolute Gasteiger partial charge is 0.318 e. The molecule has 0 aliphatic carbocycles. The number of nitrogens with zero attached hydrogens (tertiary/aromatic N) is 3. The lowest BCUT2D eigenvalue weighted by Gasteiger charge is -2.37. The first-order valence-corrected chi connectivity index (χ1v) is 10.4. The number of fused-ring (bicyclic) bond motifs is 1. The van der Waals surface area contributed by atoms with Crippen molar-refractivity contribution < 1.29 is 18.1 Å². The Morgan fingerprint density at radius 1 is 1.23 bits per heavy atom. The van der Waals surface area contributed by atoms with Gasteiger partial charge in [-0.2, -0.15) is 0 Å². The van der Waals surface area contributed by atoms with Gasteiger partial charge in [-0.05, 0) is 63.7 Å². The number of carbonyl (C=O) groups excluding carboxylic acids is 1. The zero-order chi connectivity index (χ0) is 22.0. The fraction of sp³-hybridized carbons (Fsp3) is 0.391. The monoisotopic (exact) mass is 428 g/mol. The van der Waals surface area contributed by atoms with E-state index in [1.807, 2.05) is 32.2 Å². The molecule has 0 bridgehead atoms. The van der Waals surface area contributed by atoms with Crippen LogP contribution in [0, 0.1) is 18.6 Å². The number of carbonyl (C=O) groups is 1. The molecule has 2 aromatic carbocycles. The molecule has 1 N–H and O–H groups in total. The van der Waals surface area contributed by atoms with Crippen molar-refractivity contribution in [2.45, 2.75) is 38.9 Å². The van der Waals surface area contributed by atoms with Crippen LogP contribution in [0.5, 0.6) is 0 Å². The normalized spacial score (nSPS) is 15.4. The van der Waals surface area contributed by atoms with E-state index in [4.69, 9.17) is 4.52 Å². The molecule has 31 heavy (non-hydrogen) atoms. The van der Waals surface area contributed by atoms with Gasteiger partial charge in [0.2, 0.25) is 0 Å². The minimum absolute atomic E-state index is 0.0107. The Balaban J connectivity index is 1.50. The Hall–Kier alpha value is -3.00. The van der Waals surface area contributed by atoms with Gasteiger partial charge in [-0.25, -0.2) is 13.6 Å². The highest BCUT2D eigenvalue weighted by Crippen LogP contribution is 2.22. The SMILES string of the molecule is Cc1noc2ccc(CNC(=O)N(Cc3ccc(F)cc3F)C3CCN(C)CC3)cc12. The number of urea groups is 1. The maximum absolute atomic E-state index is 14.3. The van der Waals surface area contributed by atoms with Crippen molar-refractivity contribution in [2.75, 3.05) is 20.1 Å². The maximum atomic E-state index is 14.3. The molecule has 0 saturated carbocycles. The number of rotatable bonds is 5. The van der Waals surface area contributed by atoms with Gasteiger partial charge in [0.25, 0.3) is 0 Å². The molecule has 2 heterocycles. The zero-order valence-electron chi connectivity index (χ0n) is 17.7. The zero-order valence-corrected chi connectivity index (χ0v) is 17.7. The first-order chi connectivity index (χ1) is 14.9. The van der Waals surface area contributed by atoms with Gasteiger partial charge in [0.15, 0.2) is 5.58 Å². The molecule has 3 aromatic rings. The summed E-state index contributed by atoms with van der Waals surface area (Å²) in [6.07, 6.45) is 1.61. The van der Waals surface area contributed by atoms with Gasteiger partial charge in [0.05, 0.1) is 12.2 Å². The summed E-state index contributed by atoms with van der Waals surface area (Å²) in [6.45, 7) is 4.02. The second-order valence-electron chi connectivity index (χ2n) is 8.16. The molecule has 1 fully saturated rings. The van der Waals surface area contributed by atoms with Crippen LogP contribution in [0.1, 0.15) is 29.7 Å². The summed E-state index contributed by atoms with van der Waals surface area (Å²) in [4.78, 5) is 17.0. The number of likely N-dealkylation sites (tertiary alicyclic amines) is 1. The van der Waals surface area contributed by atoms with Crippen molar-refractivity contribution in [3.8, 4) is 0 Å². The topological polar surface area (TPSA) is 61.6 Å². The van der Waals surface area contributed by atoms with E-state index < -0.39 is 11.6 Å². The van der Waals surface area contributed by atoms with Crippen LogP contribution in [0.4, 0.5) is 13.6 Å². The van der Waals surface area contributed by atoms with Crippen molar-refractivity contribution in [1.82, 2.24) is 20.3 Å². The van der Waals surface area contributed by atoms with E-state index in [-0.39, 0.29) is 18.6 Å². The lowest BCUT2D eigenvalue weighted by molar-refractivity contribution is 0.126. The van der Waals surface area contributed by atoms with Gasteiger partial charge >= 0.3 is 6.03 Å². The summed E-state index contributed by atoms with van der Waals surface area (Å²) in [7, 11) is 2.04. The Morgan fingerprint density at radius 3 is 2.74 bits per heavy atom. The van der Waals surface area contributed by atoms with Crippen LogP contribution in [0.3, 0.4) is 0 Å². The Morgan fingerprint density at radius 2 is 2.00 bits per heavy atom. The summed E-state index contributed by atoms with van der Waals surface area (Å²) in [5.74, 6) is -1.27. The van der Waals surface area contributed by atoms with Crippen molar-refractivity contribution >= 4 is 17.0 Å². The fourth-order valence-electron chi connectivity index (χ4n) is 4.00. The van der Waals surface area contributed by atoms with E-state index in [0.717, 1.165) is 48.6 Å². The molecule has 0 atom stereocenters. The molecule has 0 unspecified atom stereocenters. The first-order valence-electron chi connectivity index (χ1n) is 10.4. The van der Waals surface area contributed by atoms with Gasteiger partial charge in [-0.1, -0.05) is 17.3 Å². The number of benzene rings is 2. The summed E-state index contributed by atoms with van der Waals surface area (Å²) in [5.41, 5.74) is 2.72. The molecule has 4 rings (SSSR count). The number of aromatic nitrogens is 1. The molecule has 6 nitrogen and oxygen atoms in total. The van der Waals surface area contributed by atoms with Gasteiger partial charge < -0.3 is 19.6 Å². The number of hydrogen-bond acceptors (Lipinski definition) is 4. The van der Waals surface area contributed by atoms with Crippen LogP contribution < -0.4 is 5.32 Å². The van der Waals surface area contributed by atoms with Gasteiger partial charge in [0.1, 0.15) is 11.6 Å². The molecule has 8 heteroatoms. The Bertz CT molecular complexity index is 1080. The quantitative estimate of drug-likeness (QED) is 0.661. The Kier molecular flexibility index (Phi) is 6.18. The fourth-order valence-corrected chi connectivity index (χ4v) is 4.00. The minimum atomic E-state index is -0.640. The predicted octanol–water partition coefficient (Wildman–Crippen LogP) is 4.22. The second-order valence-corrected chi connectivity index (χ2v) is 8.16. The van der Waals surface area contributed by atoms with E-state index in [0.29, 0.717) is 17.7 Å². The van der Waals surface area contributed by atoms with E-state index in [9.17, 15) is 13.6 Å². The third-order valence-corrected chi connectivity index (χ3v) is 5.90. The number of nitrogens with one attached hydrogen (secondary N) is 1. The summed E-state index contributed by atoms with van der Waals surface area (Å²) in [5, 5.41) is 7.82. The van der Waals surface area contributed by atoms with E-state index in [2.05, 4.69) is 15.4 Å². The highest BCUT2D eigenvalue weighted by atomic mass is 19.1. The summed E-state index contributed by atoms with van der Waals surface area (Å²) < 4.78 is 32.8. The molecule has 1 aromatic heterocycles. The number of aryl methyl sites for hydroxylation is 1. The van der Waals surface area contributed by atoms with Crippen molar-refractivity contribution in [3.63, 3.8) is 0 Å². The Labute approximate surface area is 179 Å². The molecular weight excluding hydrogens is 402 g/mol. The van der Waals surface area contributed by atoms with Crippen molar-refractivity contribution in [3.05, 3.63) is 64.9 Å². The van der Waals surface area contributed by atoms with E-state index in [1.54, 1.807) is 4.90 Å². The third-order valence-electron chi connectivity index (χ3n) is 5.90. The summed E-state index contributed by atoms with van der Waals surface area (Å²) >= 11 is 0. The average molecular weight is 428 g/mol. The number of amides is 2. The minimum Gasteiger partial charge on any atom is -0.356 e. The molecule has 2 amide bonds. The van der Waals surface area contributed by atoms with Crippen molar-refractivity contribution in [2.24, 2.45) is 0 Å². The molecule has 1 aliphatic heterocycles. The largest absolute Gasteiger partial charge is 0.356 e. The number of halogens is 2. The molecule has 164 valence electrons. The molecule has 1 aliphatic rings. The van der Waals surface area contributed by atoms with Gasteiger partial charge in [-0.15, -0.1) is 0 Å².